The summed E-state index contributed by atoms with van der Waals surface area (Å²) in [6.45, 7) is 2.82. The number of carbonyl (C=O) groups excluding carboxylic acids is 2. The fourth-order valence-electron chi connectivity index (χ4n) is 5.73. The molecule has 0 aromatic heterocycles. The summed E-state index contributed by atoms with van der Waals surface area (Å²) in [6, 6.07) is 0.665. The van der Waals surface area contributed by atoms with Crippen LogP contribution >= 0.6 is 0 Å². The number of rotatable bonds is 7. The van der Waals surface area contributed by atoms with Gasteiger partial charge >= 0.3 is 0 Å². The van der Waals surface area contributed by atoms with Crippen LogP contribution in [0.4, 0.5) is 0 Å². The highest BCUT2D eigenvalue weighted by Crippen LogP contribution is 2.45. The maximum absolute atomic E-state index is 13.5. The van der Waals surface area contributed by atoms with Crippen LogP contribution in [0.3, 0.4) is 0 Å². The second kappa shape index (κ2) is 9.27. The first-order valence-electron chi connectivity index (χ1n) is 12.2. The molecule has 1 N–H and O–H groups in total. The lowest BCUT2D eigenvalue weighted by Gasteiger charge is -2.40. The van der Waals surface area contributed by atoms with Crippen molar-refractivity contribution in [2.45, 2.75) is 44.6 Å². The number of nitrogens with one attached hydrogen (secondary N) is 1. The highest BCUT2D eigenvalue weighted by molar-refractivity contribution is 6.25. The Balaban J connectivity index is 1.31. The summed E-state index contributed by atoms with van der Waals surface area (Å²) in [4.78, 5) is 37.8. The minimum atomic E-state index is -0.665. The first-order valence-corrected chi connectivity index (χ1v) is 12.2. The van der Waals surface area contributed by atoms with E-state index in [1.807, 2.05) is 30.4 Å². The molecule has 0 saturated carbocycles. The molecular weight excluding hydrogens is 412 g/mol. The third kappa shape index (κ3) is 4.18. The number of ketones is 2. The van der Waals surface area contributed by atoms with E-state index in [0.717, 1.165) is 30.1 Å². The summed E-state index contributed by atoms with van der Waals surface area (Å²) in [5, 5.41) is 3.49. The van der Waals surface area contributed by atoms with Crippen molar-refractivity contribution in [1.29, 1.82) is 0 Å². The van der Waals surface area contributed by atoms with Gasteiger partial charge in [-0.15, -0.1) is 0 Å². The van der Waals surface area contributed by atoms with Gasteiger partial charge in [-0.25, -0.2) is 0 Å². The number of hydrogen-bond acceptors (Lipinski definition) is 6. The Morgan fingerprint density at radius 1 is 1.15 bits per heavy atom. The summed E-state index contributed by atoms with van der Waals surface area (Å²) in [5.74, 6) is 0.0206. The Kier molecular flexibility index (Phi) is 6.21. The summed E-state index contributed by atoms with van der Waals surface area (Å²) >= 11 is 0. The topological polar surface area (TPSA) is 74.1 Å². The molecule has 6 nitrogen and oxygen atoms in total. The van der Waals surface area contributed by atoms with E-state index >= 15 is 0 Å². The number of hydrogen-bond donors (Lipinski definition) is 1. The molecule has 5 rings (SSSR count). The number of Topliss-reactive ketones (excluding diaryl/α,β-unsaturated/α-hetero) is 1. The van der Waals surface area contributed by atoms with Gasteiger partial charge in [-0.3, -0.25) is 19.6 Å². The fourth-order valence-corrected chi connectivity index (χ4v) is 5.73. The first-order chi connectivity index (χ1) is 16.1. The van der Waals surface area contributed by atoms with Crippen molar-refractivity contribution >= 4 is 23.0 Å². The smallest absolute Gasteiger partial charge is 0.161 e. The van der Waals surface area contributed by atoms with Crippen molar-refractivity contribution in [3.63, 3.8) is 0 Å². The van der Waals surface area contributed by atoms with Crippen molar-refractivity contribution in [3.05, 3.63) is 60.0 Å². The van der Waals surface area contributed by atoms with Crippen LogP contribution in [0.25, 0.3) is 0 Å². The molecule has 172 valence electrons. The van der Waals surface area contributed by atoms with Crippen LogP contribution in [0.15, 0.2) is 70.0 Å². The van der Waals surface area contributed by atoms with Crippen molar-refractivity contribution in [2.75, 3.05) is 26.7 Å². The molecule has 33 heavy (non-hydrogen) atoms. The molecule has 2 heterocycles. The zero-order chi connectivity index (χ0) is 22.8. The first kappa shape index (κ1) is 22.1. The Labute approximate surface area is 195 Å². The average Bonchev–Trinajstić information content (AvgIpc) is 3.15. The maximum Gasteiger partial charge on any atom is 0.161 e. The summed E-state index contributed by atoms with van der Waals surface area (Å²) in [7, 11) is 2.20. The lowest BCUT2D eigenvalue weighted by molar-refractivity contribution is -0.124. The van der Waals surface area contributed by atoms with Crippen LogP contribution in [0.1, 0.15) is 38.5 Å². The molecule has 1 spiro atoms. The Bertz CT molecular complexity index is 1060. The SMILES string of the molecule is CN1CCCC1CCNCCC(=O)C1CC=CC2=NC3=C(C=CC(=O)C3)N=C3C=CC=CC321. The van der Waals surface area contributed by atoms with Gasteiger partial charge in [0, 0.05) is 24.9 Å². The highest BCUT2D eigenvalue weighted by Gasteiger charge is 2.50. The standard InChI is InChI=1S/C27H32N4O2/c1-31-17-5-6-19(31)12-15-28-16-13-24(33)21-7-4-9-26-27(21)14-3-2-8-25(27)29-22-11-10-20(32)18-23(22)30-26/h2-4,8-11,14,19,21,28H,5-7,12-13,15-18H2,1H3. The molecule has 1 fully saturated rings. The van der Waals surface area contributed by atoms with Crippen LogP contribution in [-0.2, 0) is 9.59 Å². The molecule has 0 amide bonds. The minimum absolute atomic E-state index is 0.0330. The van der Waals surface area contributed by atoms with E-state index in [1.165, 1.54) is 19.4 Å². The second-order valence-corrected chi connectivity index (χ2v) is 9.61. The van der Waals surface area contributed by atoms with E-state index in [-0.39, 0.29) is 23.9 Å². The van der Waals surface area contributed by atoms with Gasteiger partial charge < -0.3 is 10.2 Å². The third-order valence-corrected chi connectivity index (χ3v) is 7.59. The van der Waals surface area contributed by atoms with E-state index in [4.69, 9.17) is 9.98 Å². The molecule has 0 radical (unpaired) electrons. The van der Waals surface area contributed by atoms with E-state index in [9.17, 15) is 9.59 Å². The van der Waals surface area contributed by atoms with E-state index in [2.05, 4.69) is 23.3 Å². The van der Waals surface area contributed by atoms with Gasteiger partial charge in [0.05, 0.1) is 34.7 Å². The van der Waals surface area contributed by atoms with Crippen LogP contribution in [-0.4, -0.2) is 60.6 Å². The van der Waals surface area contributed by atoms with Crippen molar-refractivity contribution in [3.8, 4) is 0 Å². The third-order valence-electron chi connectivity index (χ3n) is 7.59. The molecule has 2 aliphatic heterocycles. The Morgan fingerprint density at radius 2 is 2.03 bits per heavy atom. The number of allylic oxidation sites excluding steroid dienone is 9. The molecular formula is C27H32N4O2. The van der Waals surface area contributed by atoms with Crippen LogP contribution in [0.5, 0.6) is 0 Å². The number of likely N-dealkylation sites (tertiary alicyclic amines) is 1. The van der Waals surface area contributed by atoms with Crippen molar-refractivity contribution in [1.82, 2.24) is 10.2 Å². The molecule has 3 aliphatic carbocycles. The predicted molar refractivity (Wildman–Crippen MR) is 131 cm³/mol. The molecule has 0 bridgehead atoms. The molecule has 6 heteroatoms. The molecule has 0 aromatic carbocycles. The van der Waals surface area contributed by atoms with Gasteiger partial charge in [0.1, 0.15) is 5.78 Å². The van der Waals surface area contributed by atoms with E-state index in [1.54, 1.807) is 12.2 Å². The fraction of sp³-hybridized carbons (Fsp3) is 0.481. The molecule has 3 unspecified atom stereocenters. The van der Waals surface area contributed by atoms with Crippen molar-refractivity contribution < 1.29 is 9.59 Å². The lowest BCUT2D eigenvalue weighted by Crippen LogP contribution is -2.48. The zero-order valence-electron chi connectivity index (χ0n) is 19.3. The molecule has 3 atom stereocenters. The van der Waals surface area contributed by atoms with Crippen LogP contribution in [0, 0.1) is 11.3 Å². The summed E-state index contributed by atoms with van der Waals surface area (Å²) < 4.78 is 0. The van der Waals surface area contributed by atoms with Gasteiger partial charge in [0.25, 0.3) is 0 Å². The normalized spacial score (nSPS) is 30.5. The zero-order valence-corrected chi connectivity index (χ0v) is 19.3. The second-order valence-electron chi connectivity index (χ2n) is 9.61. The van der Waals surface area contributed by atoms with Gasteiger partial charge in [0.15, 0.2) is 5.78 Å². The van der Waals surface area contributed by atoms with Gasteiger partial charge in [-0.1, -0.05) is 24.3 Å². The Morgan fingerprint density at radius 3 is 2.88 bits per heavy atom. The van der Waals surface area contributed by atoms with Gasteiger partial charge in [-0.05, 0) is 70.1 Å². The number of aliphatic imine (C=N–C) groups is 2. The monoisotopic (exact) mass is 444 g/mol. The quantitative estimate of drug-likeness (QED) is 0.611. The minimum Gasteiger partial charge on any atom is -0.316 e. The predicted octanol–water partition coefficient (Wildman–Crippen LogP) is 3.34. The van der Waals surface area contributed by atoms with Gasteiger partial charge in [-0.2, -0.15) is 0 Å². The lowest BCUT2D eigenvalue weighted by atomic mass is 9.61. The van der Waals surface area contributed by atoms with Gasteiger partial charge in [0.2, 0.25) is 0 Å². The summed E-state index contributed by atoms with van der Waals surface area (Å²) in [6.07, 6.45) is 20.5. The van der Waals surface area contributed by atoms with E-state index in [0.29, 0.717) is 31.1 Å². The number of nitrogens with zero attached hydrogens (tertiary/aromatic N) is 3. The largest absolute Gasteiger partial charge is 0.316 e. The van der Waals surface area contributed by atoms with Crippen LogP contribution < -0.4 is 5.32 Å². The van der Waals surface area contributed by atoms with E-state index < -0.39 is 5.41 Å². The molecule has 1 saturated heterocycles. The highest BCUT2D eigenvalue weighted by atomic mass is 16.1. The molecule has 5 aliphatic rings. The maximum atomic E-state index is 13.5. The molecule has 0 aromatic rings. The summed E-state index contributed by atoms with van der Waals surface area (Å²) in [5.41, 5.74) is 2.41. The average molecular weight is 445 g/mol. The number of carbonyl (C=O) groups is 2. The van der Waals surface area contributed by atoms with Crippen LogP contribution in [0.2, 0.25) is 0 Å². The van der Waals surface area contributed by atoms with Crippen molar-refractivity contribution in [2.24, 2.45) is 21.3 Å². The Hall–Kier alpha value is -2.70.